The summed E-state index contributed by atoms with van der Waals surface area (Å²) in [5, 5.41) is 5.08. The molecule has 0 bridgehead atoms. The highest BCUT2D eigenvalue weighted by Gasteiger charge is 2.14. The molecule has 0 spiro atoms. The van der Waals surface area contributed by atoms with Crippen molar-refractivity contribution in [3.05, 3.63) is 64.0 Å². The summed E-state index contributed by atoms with van der Waals surface area (Å²) >= 11 is 1.32. The average Bonchev–Trinajstić information content (AvgIpc) is 3.26. The van der Waals surface area contributed by atoms with Crippen LogP contribution in [0.5, 0.6) is 5.75 Å². The molecular weight excluding hydrogens is 378 g/mol. The maximum Gasteiger partial charge on any atom is 0.420 e. The van der Waals surface area contributed by atoms with Gasteiger partial charge in [0.15, 0.2) is 10.7 Å². The topological polar surface area (TPSA) is 86.4 Å². The second-order valence-electron chi connectivity index (χ2n) is 6.19. The number of fused-ring (bicyclic) bond motifs is 1. The Balaban J connectivity index is 1.51. The smallest absolute Gasteiger partial charge is 0.420 e. The van der Waals surface area contributed by atoms with Gasteiger partial charge in [-0.05, 0) is 42.8 Å². The lowest BCUT2D eigenvalue weighted by atomic mass is 10.1. The zero-order valence-electron chi connectivity index (χ0n) is 15.3. The number of methoxy groups -OCH3 is 1. The lowest BCUT2D eigenvalue weighted by Crippen LogP contribution is -2.24. The van der Waals surface area contributed by atoms with Gasteiger partial charge in [0.25, 0.3) is 0 Å². The van der Waals surface area contributed by atoms with Gasteiger partial charge in [0.05, 0.1) is 18.3 Å². The van der Waals surface area contributed by atoms with Crippen molar-refractivity contribution in [2.24, 2.45) is 0 Å². The molecule has 0 fully saturated rings. The van der Waals surface area contributed by atoms with E-state index in [2.05, 4.69) is 10.3 Å². The van der Waals surface area contributed by atoms with Gasteiger partial charge >= 0.3 is 5.76 Å². The summed E-state index contributed by atoms with van der Waals surface area (Å²) in [7, 11) is 1.63. The van der Waals surface area contributed by atoms with Crippen molar-refractivity contribution in [2.75, 3.05) is 12.4 Å². The average molecular weight is 395 g/mol. The third kappa shape index (κ3) is 3.41. The zero-order valence-corrected chi connectivity index (χ0v) is 16.1. The first-order valence-electron chi connectivity index (χ1n) is 8.54. The fourth-order valence-electron chi connectivity index (χ4n) is 2.97. The Morgan fingerprint density at radius 2 is 2.11 bits per heavy atom. The van der Waals surface area contributed by atoms with Gasteiger partial charge in [-0.25, -0.2) is 9.78 Å². The summed E-state index contributed by atoms with van der Waals surface area (Å²) in [6.07, 6.45) is 0. The molecule has 142 valence electrons. The second-order valence-corrected chi connectivity index (χ2v) is 7.05. The number of nitrogens with zero attached hydrogens (tertiary/aromatic N) is 2. The third-order valence-electron chi connectivity index (χ3n) is 4.32. The molecule has 28 heavy (non-hydrogen) atoms. The van der Waals surface area contributed by atoms with E-state index < -0.39 is 5.76 Å². The third-order valence-corrected chi connectivity index (χ3v) is 5.07. The normalized spacial score (nSPS) is 10.9. The summed E-state index contributed by atoms with van der Waals surface area (Å²) in [5.41, 5.74) is 3.73. The lowest BCUT2D eigenvalue weighted by Gasteiger charge is -2.05. The van der Waals surface area contributed by atoms with E-state index in [4.69, 9.17) is 9.15 Å². The van der Waals surface area contributed by atoms with E-state index >= 15 is 0 Å². The Hall–Kier alpha value is -3.39. The molecule has 0 atom stereocenters. The van der Waals surface area contributed by atoms with Crippen LogP contribution in [0.2, 0.25) is 0 Å². The number of aromatic nitrogens is 2. The molecule has 2 heterocycles. The molecule has 7 nitrogen and oxygen atoms in total. The molecule has 8 heteroatoms. The number of ether oxygens (including phenoxy) is 1. The van der Waals surface area contributed by atoms with Crippen LogP contribution in [0.1, 0.15) is 5.56 Å². The number of oxazole rings is 1. The number of nitrogens with one attached hydrogen (secondary N) is 1. The Labute approximate surface area is 164 Å². The molecule has 0 unspecified atom stereocenters. The first-order chi connectivity index (χ1) is 13.5. The van der Waals surface area contributed by atoms with Crippen LogP contribution in [-0.4, -0.2) is 22.6 Å². The van der Waals surface area contributed by atoms with Crippen molar-refractivity contribution in [2.45, 2.75) is 13.5 Å². The number of hydrogen-bond donors (Lipinski definition) is 1. The molecule has 0 radical (unpaired) electrons. The van der Waals surface area contributed by atoms with Crippen LogP contribution in [-0.2, 0) is 11.3 Å². The van der Waals surface area contributed by atoms with Crippen LogP contribution < -0.4 is 15.8 Å². The van der Waals surface area contributed by atoms with Crippen LogP contribution in [0, 0.1) is 6.92 Å². The largest absolute Gasteiger partial charge is 0.496 e. The van der Waals surface area contributed by atoms with E-state index in [0.29, 0.717) is 16.2 Å². The number of aryl methyl sites for hydroxylation is 1. The maximum absolute atomic E-state index is 12.4. The van der Waals surface area contributed by atoms with E-state index in [-0.39, 0.29) is 12.5 Å². The number of carbonyl (C=O) groups excluding carboxylic acids is 1. The zero-order chi connectivity index (χ0) is 19.7. The molecule has 0 aliphatic rings. The summed E-state index contributed by atoms with van der Waals surface area (Å²) in [6.45, 7) is 1.82. The van der Waals surface area contributed by atoms with Crippen LogP contribution in [0.25, 0.3) is 22.4 Å². The van der Waals surface area contributed by atoms with Crippen LogP contribution in [0.3, 0.4) is 0 Å². The van der Waals surface area contributed by atoms with Crippen LogP contribution in [0.4, 0.5) is 5.13 Å². The number of hydrogen-bond acceptors (Lipinski definition) is 6. The Kier molecular flexibility index (Phi) is 4.70. The Bertz CT molecular complexity index is 1220. The molecule has 0 aliphatic heterocycles. The number of amides is 1. The van der Waals surface area contributed by atoms with Gasteiger partial charge in [0.1, 0.15) is 12.3 Å². The summed E-state index contributed by atoms with van der Waals surface area (Å²) < 4.78 is 11.7. The van der Waals surface area contributed by atoms with Gasteiger partial charge in [-0.2, -0.15) is 0 Å². The van der Waals surface area contributed by atoms with Gasteiger partial charge in [0, 0.05) is 10.9 Å². The molecule has 1 N–H and O–H groups in total. The SMILES string of the molecule is COc1ccc(-c2csc(NC(=O)Cn3c(=O)oc4ccccc43)n2)cc1C. The standard InChI is InChI=1S/C20H17N3O4S/c1-12-9-13(7-8-16(12)26-2)14-11-28-19(21-14)22-18(24)10-23-15-5-3-4-6-17(15)27-20(23)25/h3-9,11H,10H2,1-2H3,(H,21,22,24). The molecule has 0 saturated carbocycles. The highest BCUT2D eigenvalue weighted by atomic mass is 32.1. The minimum absolute atomic E-state index is 0.146. The summed E-state index contributed by atoms with van der Waals surface area (Å²) in [6, 6.07) is 12.8. The predicted octanol–water partition coefficient (Wildman–Crippen LogP) is 3.67. The van der Waals surface area contributed by atoms with E-state index in [0.717, 1.165) is 22.6 Å². The molecule has 4 rings (SSSR count). The van der Waals surface area contributed by atoms with E-state index in [1.54, 1.807) is 31.4 Å². The van der Waals surface area contributed by atoms with E-state index in [9.17, 15) is 9.59 Å². The molecule has 4 aromatic rings. The van der Waals surface area contributed by atoms with Crippen molar-refractivity contribution in [3.8, 4) is 17.0 Å². The van der Waals surface area contributed by atoms with Crippen molar-refractivity contribution >= 4 is 33.5 Å². The van der Waals surface area contributed by atoms with Crippen molar-refractivity contribution in [1.29, 1.82) is 0 Å². The van der Waals surface area contributed by atoms with Gasteiger partial charge in [-0.3, -0.25) is 9.36 Å². The number of benzene rings is 2. The number of carbonyl (C=O) groups is 1. The molecule has 2 aromatic carbocycles. The first kappa shape index (κ1) is 18.0. The van der Waals surface area contributed by atoms with E-state index in [1.165, 1.54) is 15.9 Å². The second kappa shape index (κ2) is 7.32. The fraction of sp³-hybridized carbons (Fsp3) is 0.150. The predicted molar refractivity (Wildman–Crippen MR) is 108 cm³/mol. The minimum Gasteiger partial charge on any atom is -0.496 e. The quantitative estimate of drug-likeness (QED) is 0.557. The molecule has 0 aliphatic carbocycles. The lowest BCUT2D eigenvalue weighted by molar-refractivity contribution is -0.116. The number of anilines is 1. The number of rotatable bonds is 5. The van der Waals surface area contributed by atoms with E-state index in [1.807, 2.05) is 30.5 Å². The van der Waals surface area contributed by atoms with Gasteiger partial charge in [0.2, 0.25) is 5.91 Å². The highest BCUT2D eigenvalue weighted by molar-refractivity contribution is 7.14. The highest BCUT2D eigenvalue weighted by Crippen LogP contribution is 2.28. The Morgan fingerprint density at radius 1 is 1.29 bits per heavy atom. The number of para-hydroxylation sites is 2. The molecular formula is C20H17N3O4S. The van der Waals surface area contributed by atoms with Crippen LogP contribution >= 0.6 is 11.3 Å². The molecule has 2 aromatic heterocycles. The Morgan fingerprint density at radius 3 is 2.89 bits per heavy atom. The fourth-order valence-corrected chi connectivity index (χ4v) is 3.70. The van der Waals surface area contributed by atoms with Crippen molar-refractivity contribution in [3.63, 3.8) is 0 Å². The van der Waals surface area contributed by atoms with Gasteiger partial charge < -0.3 is 14.5 Å². The van der Waals surface area contributed by atoms with Crippen molar-refractivity contribution in [1.82, 2.24) is 9.55 Å². The number of thiazole rings is 1. The van der Waals surface area contributed by atoms with Crippen molar-refractivity contribution < 1.29 is 13.9 Å². The minimum atomic E-state index is -0.565. The van der Waals surface area contributed by atoms with Gasteiger partial charge in [-0.15, -0.1) is 11.3 Å². The molecule has 0 saturated heterocycles. The van der Waals surface area contributed by atoms with Crippen LogP contribution in [0.15, 0.2) is 57.1 Å². The summed E-state index contributed by atoms with van der Waals surface area (Å²) in [4.78, 5) is 28.9. The maximum atomic E-state index is 12.4. The summed E-state index contributed by atoms with van der Waals surface area (Å²) in [5.74, 6) is -0.101. The molecule has 1 amide bonds. The van der Waals surface area contributed by atoms with Gasteiger partial charge in [-0.1, -0.05) is 12.1 Å². The first-order valence-corrected chi connectivity index (χ1v) is 9.42. The monoisotopic (exact) mass is 395 g/mol.